The first-order valence-electron chi connectivity index (χ1n) is 9.01. The van der Waals surface area contributed by atoms with Crippen molar-refractivity contribution < 1.29 is 19.4 Å². The molecule has 0 saturated carbocycles. The van der Waals surface area contributed by atoms with E-state index in [4.69, 9.17) is 9.84 Å². The summed E-state index contributed by atoms with van der Waals surface area (Å²) in [5.41, 5.74) is 0. The Kier molecular flexibility index (Phi) is 23.0. The van der Waals surface area contributed by atoms with Crippen molar-refractivity contribution in [2.24, 2.45) is 0 Å². The molecule has 0 radical (unpaired) electrons. The Hall–Kier alpha value is -0.580. The lowest BCUT2D eigenvalue weighted by Crippen LogP contribution is -2.11. The fraction of sp³-hybridized carbons (Fsp3) is 0.889. The third kappa shape index (κ3) is 26.6. The van der Waals surface area contributed by atoms with Crippen molar-refractivity contribution in [3.63, 3.8) is 0 Å². The molecule has 5 heteroatoms. The number of carbonyl (C=O) groups is 2. The summed E-state index contributed by atoms with van der Waals surface area (Å²) < 4.78 is 4.80. The highest BCUT2D eigenvalue weighted by atomic mass is 79.9. The molecule has 0 fully saturated rings. The first-order valence-corrected chi connectivity index (χ1v) is 10.1. The second-order valence-corrected chi connectivity index (χ2v) is 6.45. The Bertz CT molecular complexity index is 268. The number of carbonyl (C=O) groups excluding carboxylic acids is 1. The van der Waals surface area contributed by atoms with E-state index in [1.807, 2.05) is 0 Å². The maximum atomic E-state index is 10.9. The minimum Gasteiger partial charge on any atom is -0.481 e. The van der Waals surface area contributed by atoms with Crippen LogP contribution in [-0.4, -0.2) is 29.0 Å². The van der Waals surface area contributed by atoms with Crippen molar-refractivity contribution in [2.45, 2.75) is 90.9 Å². The van der Waals surface area contributed by atoms with Gasteiger partial charge in [0.2, 0.25) is 0 Å². The lowest BCUT2D eigenvalue weighted by Gasteiger charge is -2.03. The Morgan fingerprint density at radius 3 is 1.65 bits per heavy atom. The van der Waals surface area contributed by atoms with Gasteiger partial charge in [0.15, 0.2) is 0 Å². The van der Waals surface area contributed by atoms with Crippen molar-refractivity contribution in [1.82, 2.24) is 0 Å². The van der Waals surface area contributed by atoms with Gasteiger partial charge in [-0.3, -0.25) is 9.59 Å². The molecule has 0 atom stereocenters. The van der Waals surface area contributed by atoms with Crippen LogP contribution in [0.5, 0.6) is 0 Å². The van der Waals surface area contributed by atoms with Gasteiger partial charge in [0.1, 0.15) is 6.42 Å². The number of aliphatic carboxylic acids is 1. The summed E-state index contributed by atoms with van der Waals surface area (Å²) in [6, 6.07) is 0. The largest absolute Gasteiger partial charge is 0.481 e. The van der Waals surface area contributed by atoms with E-state index in [0.717, 1.165) is 24.6 Å². The van der Waals surface area contributed by atoms with Crippen LogP contribution in [0.1, 0.15) is 90.9 Å². The Morgan fingerprint density at radius 2 is 1.26 bits per heavy atom. The first kappa shape index (κ1) is 24.7. The first-order chi connectivity index (χ1) is 11.1. The normalized spacial score (nSPS) is 9.87. The highest BCUT2D eigenvalue weighted by molar-refractivity contribution is 9.09. The summed E-state index contributed by atoms with van der Waals surface area (Å²) in [4.78, 5) is 21.1. The molecule has 0 aromatic carbocycles. The number of ether oxygens (including phenoxy) is 1. The quantitative estimate of drug-likeness (QED) is 0.177. The van der Waals surface area contributed by atoms with Crippen molar-refractivity contribution in [3.8, 4) is 0 Å². The third-order valence-electron chi connectivity index (χ3n) is 3.34. The van der Waals surface area contributed by atoms with Crippen LogP contribution in [-0.2, 0) is 14.3 Å². The van der Waals surface area contributed by atoms with Gasteiger partial charge in [0.05, 0.1) is 6.61 Å². The predicted octanol–water partition coefficient (Wildman–Crippen LogP) is 5.72. The smallest absolute Gasteiger partial charge is 0.317 e. The zero-order valence-electron chi connectivity index (χ0n) is 14.9. The van der Waals surface area contributed by atoms with Crippen LogP contribution in [0.3, 0.4) is 0 Å². The van der Waals surface area contributed by atoms with Crippen LogP contribution in [0.25, 0.3) is 0 Å². The molecule has 0 aliphatic rings. The SMILES string of the molecule is CCCC.O=C(O)CC(=O)OCCCCCCCCCCCBr. The number of carboxylic acids is 1. The summed E-state index contributed by atoms with van der Waals surface area (Å²) in [5.74, 6) is -1.77. The highest BCUT2D eigenvalue weighted by Gasteiger charge is 2.07. The summed E-state index contributed by atoms with van der Waals surface area (Å²) >= 11 is 3.42. The molecule has 0 unspecified atom stereocenters. The number of halogens is 1. The standard InChI is InChI=1S/C14H25BrO4.C4H10/c15-10-8-6-4-2-1-3-5-7-9-11-19-14(18)12-13(16)17;1-3-4-2/h1-12H2,(H,16,17);3-4H2,1-2H3. The monoisotopic (exact) mass is 394 g/mol. The van der Waals surface area contributed by atoms with Gasteiger partial charge in [-0.1, -0.05) is 87.6 Å². The minimum absolute atomic E-state index is 0.345. The summed E-state index contributed by atoms with van der Waals surface area (Å²) in [7, 11) is 0. The molecule has 0 aliphatic carbocycles. The molecule has 23 heavy (non-hydrogen) atoms. The summed E-state index contributed by atoms with van der Waals surface area (Å²) in [6.45, 7) is 4.71. The number of hydrogen-bond acceptors (Lipinski definition) is 3. The number of hydrogen-bond donors (Lipinski definition) is 1. The number of esters is 1. The molecular formula is C18H35BrO4. The predicted molar refractivity (Wildman–Crippen MR) is 99.1 cm³/mol. The Morgan fingerprint density at radius 1 is 0.826 bits per heavy atom. The number of alkyl halides is 1. The second kappa shape index (κ2) is 21.4. The van der Waals surface area contributed by atoms with Crippen LogP contribution in [0.15, 0.2) is 0 Å². The highest BCUT2D eigenvalue weighted by Crippen LogP contribution is 2.10. The average molecular weight is 395 g/mol. The van der Waals surface area contributed by atoms with Gasteiger partial charge in [-0.25, -0.2) is 0 Å². The van der Waals surface area contributed by atoms with Gasteiger partial charge in [-0.15, -0.1) is 0 Å². The van der Waals surface area contributed by atoms with Gasteiger partial charge < -0.3 is 9.84 Å². The molecular weight excluding hydrogens is 360 g/mol. The van der Waals surface area contributed by atoms with Crippen molar-refractivity contribution in [1.29, 1.82) is 0 Å². The molecule has 0 rings (SSSR count). The molecule has 0 aromatic rings. The fourth-order valence-corrected chi connectivity index (χ4v) is 2.19. The topological polar surface area (TPSA) is 63.6 Å². The number of rotatable bonds is 14. The van der Waals surface area contributed by atoms with Crippen LogP contribution < -0.4 is 0 Å². The molecule has 1 N–H and O–H groups in total. The van der Waals surface area contributed by atoms with Crippen molar-refractivity contribution >= 4 is 27.9 Å². The Labute approximate surface area is 150 Å². The Balaban J connectivity index is 0. The molecule has 0 aromatic heterocycles. The second-order valence-electron chi connectivity index (χ2n) is 5.66. The molecule has 138 valence electrons. The van der Waals surface area contributed by atoms with Crippen LogP contribution in [0.4, 0.5) is 0 Å². The van der Waals surface area contributed by atoms with E-state index in [9.17, 15) is 9.59 Å². The van der Waals surface area contributed by atoms with E-state index in [2.05, 4.69) is 29.8 Å². The number of carboxylic acid groups (broad SMARTS) is 1. The van der Waals surface area contributed by atoms with Gasteiger partial charge in [0, 0.05) is 5.33 Å². The van der Waals surface area contributed by atoms with Gasteiger partial charge >= 0.3 is 11.9 Å². The lowest BCUT2D eigenvalue weighted by atomic mass is 10.1. The molecule has 0 heterocycles. The zero-order valence-corrected chi connectivity index (χ0v) is 16.5. The molecule has 0 bridgehead atoms. The lowest BCUT2D eigenvalue weighted by molar-refractivity contribution is -0.151. The van der Waals surface area contributed by atoms with E-state index in [-0.39, 0.29) is 0 Å². The zero-order chi connectivity index (χ0) is 17.8. The van der Waals surface area contributed by atoms with E-state index in [0.29, 0.717) is 6.61 Å². The van der Waals surface area contributed by atoms with Crippen LogP contribution in [0, 0.1) is 0 Å². The molecule has 0 saturated heterocycles. The van der Waals surface area contributed by atoms with Gasteiger partial charge in [-0.05, 0) is 12.8 Å². The molecule has 0 spiro atoms. The fourth-order valence-electron chi connectivity index (χ4n) is 1.79. The number of unbranched alkanes of at least 4 members (excludes halogenated alkanes) is 9. The molecule has 4 nitrogen and oxygen atoms in total. The van der Waals surface area contributed by atoms with Crippen molar-refractivity contribution in [2.75, 3.05) is 11.9 Å². The van der Waals surface area contributed by atoms with E-state index in [1.165, 1.54) is 51.4 Å². The molecule has 0 amide bonds. The van der Waals surface area contributed by atoms with E-state index in [1.54, 1.807) is 0 Å². The maximum absolute atomic E-state index is 10.9. The third-order valence-corrected chi connectivity index (χ3v) is 3.90. The molecule has 0 aliphatic heterocycles. The maximum Gasteiger partial charge on any atom is 0.317 e. The van der Waals surface area contributed by atoms with Crippen LogP contribution >= 0.6 is 15.9 Å². The summed E-state index contributed by atoms with van der Waals surface area (Å²) in [6.07, 6.45) is 12.9. The van der Waals surface area contributed by atoms with Gasteiger partial charge in [0.25, 0.3) is 0 Å². The summed E-state index contributed by atoms with van der Waals surface area (Å²) in [5, 5.41) is 9.46. The van der Waals surface area contributed by atoms with Crippen LogP contribution in [0.2, 0.25) is 0 Å². The van der Waals surface area contributed by atoms with Gasteiger partial charge in [-0.2, -0.15) is 0 Å². The van der Waals surface area contributed by atoms with Crippen molar-refractivity contribution in [3.05, 3.63) is 0 Å². The van der Waals surface area contributed by atoms with E-state index < -0.39 is 18.4 Å². The average Bonchev–Trinajstić information content (AvgIpc) is 2.52. The van der Waals surface area contributed by atoms with E-state index >= 15 is 0 Å². The minimum atomic E-state index is -1.13.